The maximum absolute atomic E-state index is 10.5. The number of Topliss-reactive ketones (excluding diaryl/α,β-unsaturated/α-hetero) is 1. The monoisotopic (exact) mass is 227 g/mol. The molecule has 0 fully saturated rings. The van der Waals surface area contributed by atoms with Gasteiger partial charge in [0.05, 0.1) is 12.5 Å². The summed E-state index contributed by atoms with van der Waals surface area (Å²) < 4.78 is 4.50. The molecule has 0 unspecified atom stereocenters. The van der Waals surface area contributed by atoms with Gasteiger partial charge in [0.1, 0.15) is 6.42 Å². The molecule has 0 saturated heterocycles. The summed E-state index contributed by atoms with van der Waals surface area (Å²) in [6.45, 7) is 1.98. The molecule has 69 valence electrons. The van der Waals surface area contributed by atoms with E-state index in [-0.39, 0.29) is 35.2 Å². The average molecular weight is 228 g/mol. The average Bonchev–Trinajstić information content (AvgIpc) is 1.88. The first-order valence-electron chi connectivity index (χ1n) is 2.94. The molecule has 0 bridgehead atoms. The van der Waals surface area contributed by atoms with Gasteiger partial charge in [0.15, 0.2) is 5.78 Å². The molecule has 0 N–H and O–H groups in total. The topological polar surface area (TPSA) is 43.4 Å². The van der Waals surface area contributed by atoms with Crippen LogP contribution in [0.3, 0.4) is 0 Å². The van der Waals surface area contributed by atoms with E-state index in [1.165, 1.54) is 0 Å². The number of esters is 1. The molecule has 11 heavy (non-hydrogen) atoms. The standard InChI is InChI=1S/C6H9ClO3.Cu/c1-2-10-6(9)3-5(8)4-7;/h2-4H2,1H3;. The van der Waals surface area contributed by atoms with Crippen molar-refractivity contribution in [2.24, 2.45) is 0 Å². The van der Waals surface area contributed by atoms with Crippen LogP contribution in [0.15, 0.2) is 0 Å². The number of ketones is 1. The number of hydrogen-bond acceptors (Lipinski definition) is 3. The van der Waals surface area contributed by atoms with Crippen LogP contribution in [0, 0.1) is 0 Å². The zero-order valence-electron chi connectivity index (χ0n) is 6.03. The SMILES string of the molecule is CCOC(=O)CC(=O)CCl.[Cu]. The second kappa shape index (κ2) is 8.05. The Morgan fingerprint density at radius 3 is 2.36 bits per heavy atom. The van der Waals surface area contributed by atoms with Crippen LogP contribution in [0.5, 0.6) is 0 Å². The Hall–Kier alpha value is -0.0505. The van der Waals surface area contributed by atoms with Gasteiger partial charge in [-0.25, -0.2) is 0 Å². The first-order valence-corrected chi connectivity index (χ1v) is 3.47. The molecule has 0 atom stereocenters. The maximum Gasteiger partial charge on any atom is 0.313 e. The summed E-state index contributed by atoms with van der Waals surface area (Å²) in [5.41, 5.74) is 0. The third-order valence-corrected chi connectivity index (χ3v) is 1.09. The maximum atomic E-state index is 10.5. The summed E-state index contributed by atoms with van der Waals surface area (Å²) in [6, 6.07) is 0. The Balaban J connectivity index is 0. The van der Waals surface area contributed by atoms with Crippen LogP contribution in [0.2, 0.25) is 0 Å². The Labute approximate surface area is 80.9 Å². The van der Waals surface area contributed by atoms with Crippen LogP contribution in [-0.4, -0.2) is 24.2 Å². The Morgan fingerprint density at radius 1 is 1.45 bits per heavy atom. The van der Waals surface area contributed by atoms with Gasteiger partial charge in [0, 0.05) is 17.1 Å². The summed E-state index contributed by atoms with van der Waals surface area (Å²) in [5, 5.41) is 0. The van der Waals surface area contributed by atoms with Gasteiger partial charge in [-0.15, -0.1) is 11.6 Å². The predicted octanol–water partition coefficient (Wildman–Crippen LogP) is 0.745. The summed E-state index contributed by atoms with van der Waals surface area (Å²) >= 11 is 5.14. The molecule has 0 aliphatic heterocycles. The molecule has 0 saturated carbocycles. The first kappa shape index (κ1) is 13.5. The molecule has 3 nitrogen and oxygen atoms in total. The molecule has 0 aromatic heterocycles. The van der Waals surface area contributed by atoms with Crippen LogP contribution >= 0.6 is 11.6 Å². The minimum Gasteiger partial charge on any atom is -0.466 e. The second-order valence-corrected chi connectivity index (χ2v) is 1.92. The van der Waals surface area contributed by atoms with Crippen molar-refractivity contribution in [1.29, 1.82) is 0 Å². The van der Waals surface area contributed by atoms with Crippen molar-refractivity contribution in [3.8, 4) is 0 Å². The van der Waals surface area contributed by atoms with E-state index in [4.69, 9.17) is 11.6 Å². The molecule has 0 aromatic rings. The van der Waals surface area contributed by atoms with Gasteiger partial charge in [-0.1, -0.05) is 0 Å². The zero-order valence-corrected chi connectivity index (χ0v) is 7.72. The Bertz CT molecular complexity index is 138. The Morgan fingerprint density at radius 2 is 2.00 bits per heavy atom. The number of halogens is 1. The van der Waals surface area contributed by atoms with Gasteiger partial charge in [-0.2, -0.15) is 0 Å². The van der Waals surface area contributed by atoms with E-state index in [0.717, 1.165) is 0 Å². The van der Waals surface area contributed by atoms with E-state index in [2.05, 4.69) is 4.74 Å². The first-order chi connectivity index (χ1) is 4.70. The third-order valence-electron chi connectivity index (χ3n) is 0.796. The summed E-state index contributed by atoms with van der Waals surface area (Å²) in [4.78, 5) is 21.0. The molecule has 1 radical (unpaired) electrons. The molecule has 0 aromatic carbocycles. The number of hydrogen-bond donors (Lipinski definition) is 0. The van der Waals surface area contributed by atoms with Crippen molar-refractivity contribution < 1.29 is 31.4 Å². The molecule has 0 spiro atoms. The predicted molar refractivity (Wildman–Crippen MR) is 37.0 cm³/mol. The van der Waals surface area contributed by atoms with E-state index in [1.54, 1.807) is 6.92 Å². The Kier molecular flexibility index (Phi) is 9.90. The molecule has 5 heteroatoms. The number of carbonyl (C=O) groups excluding carboxylic acids is 2. The second-order valence-electron chi connectivity index (χ2n) is 1.65. The number of rotatable bonds is 4. The fraction of sp³-hybridized carbons (Fsp3) is 0.667. The van der Waals surface area contributed by atoms with Crippen molar-refractivity contribution in [3.05, 3.63) is 0 Å². The summed E-state index contributed by atoms with van der Waals surface area (Å²) in [7, 11) is 0. The number of ether oxygens (including phenoxy) is 1. The minimum atomic E-state index is -0.506. The molecular formula is C6H9ClCuO3. The van der Waals surface area contributed by atoms with E-state index < -0.39 is 5.97 Å². The van der Waals surface area contributed by atoms with Crippen LogP contribution in [0.4, 0.5) is 0 Å². The number of alkyl halides is 1. The third kappa shape index (κ3) is 7.85. The summed E-state index contributed by atoms with van der Waals surface area (Å²) in [5.74, 6) is -0.938. The molecule has 0 heterocycles. The molecule has 0 aliphatic carbocycles. The van der Waals surface area contributed by atoms with Gasteiger partial charge in [-0.05, 0) is 6.92 Å². The minimum absolute atomic E-state index is 0. The molecule has 0 aliphatic rings. The van der Waals surface area contributed by atoms with Gasteiger partial charge in [0.25, 0.3) is 0 Å². The van der Waals surface area contributed by atoms with Gasteiger partial charge < -0.3 is 4.74 Å². The van der Waals surface area contributed by atoms with Crippen LogP contribution < -0.4 is 0 Å². The van der Waals surface area contributed by atoms with Gasteiger partial charge in [0.2, 0.25) is 0 Å². The van der Waals surface area contributed by atoms with Crippen molar-refractivity contribution in [2.45, 2.75) is 13.3 Å². The molecule has 0 amide bonds. The van der Waals surface area contributed by atoms with E-state index in [9.17, 15) is 9.59 Å². The quantitative estimate of drug-likeness (QED) is 0.308. The van der Waals surface area contributed by atoms with E-state index in [1.807, 2.05) is 0 Å². The van der Waals surface area contributed by atoms with Crippen molar-refractivity contribution in [3.63, 3.8) is 0 Å². The van der Waals surface area contributed by atoms with Gasteiger partial charge >= 0.3 is 5.97 Å². The van der Waals surface area contributed by atoms with Gasteiger partial charge in [-0.3, -0.25) is 9.59 Å². The summed E-state index contributed by atoms with van der Waals surface area (Å²) in [6.07, 6.45) is -0.211. The largest absolute Gasteiger partial charge is 0.466 e. The van der Waals surface area contributed by atoms with E-state index in [0.29, 0.717) is 6.61 Å². The van der Waals surface area contributed by atoms with Crippen LogP contribution in [0.1, 0.15) is 13.3 Å². The van der Waals surface area contributed by atoms with Crippen LogP contribution in [-0.2, 0) is 31.4 Å². The molecular weight excluding hydrogens is 219 g/mol. The number of carbonyl (C=O) groups is 2. The fourth-order valence-electron chi connectivity index (χ4n) is 0.420. The van der Waals surface area contributed by atoms with Crippen LogP contribution in [0.25, 0.3) is 0 Å². The van der Waals surface area contributed by atoms with E-state index >= 15 is 0 Å². The zero-order chi connectivity index (χ0) is 7.98. The van der Waals surface area contributed by atoms with Crippen molar-refractivity contribution >= 4 is 23.4 Å². The van der Waals surface area contributed by atoms with Crippen molar-refractivity contribution in [1.82, 2.24) is 0 Å². The van der Waals surface area contributed by atoms with Crippen molar-refractivity contribution in [2.75, 3.05) is 12.5 Å². The fourth-order valence-corrected chi connectivity index (χ4v) is 0.515. The smallest absolute Gasteiger partial charge is 0.313 e. The molecule has 0 rings (SSSR count). The normalized spacial score (nSPS) is 8.18.